The van der Waals surface area contributed by atoms with Crippen molar-refractivity contribution in [1.29, 1.82) is 0 Å². The Morgan fingerprint density at radius 1 is 1.22 bits per heavy atom. The predicted octanol–water partition coefficient (Wildman–Crippen LogP) is 1.30. The molecule has 0 bridgehead atoms. The van der Waals surface area contributed by atoms with Crippen LogP contribution in [0.1, 0.15) is 23.3 Å². The van der Waals surface area contributed by atoms with E-state index in [1.54, 1.807) is 29.5 Å². The maximum Gasteiger partial charge on any atom is 0.246 e. The van der Waals surface area contributed by atoms with Gasteiger partial charge >= 0.3 is 0 Å². The summed E-state index contributed by atoms with van der Waals surface area (Å²) in [6.45, 7) is 0. The second-order valence-electron chi connectivity index (χ2n) is 6.51. The van der Waals surface area contributed by atoms with Crippen molar-refractivity contribution in [3.05, 3.63) is 59.0 Å². The number of amides is 2. The second kappa shape index (κ2) is 6.85. The lowest BCUT2D eigenvalue weighted by molar-refractivity contribution is -0.122. The minimum Gasteiger partial charge on any atom is -0.398 e. The van der Waals surface area contributed by atoms with Gasteiger partial charge in [0.15, 0.2) is 0 Å². The number of nitrogens with one attached hydrogen (secondary N) is 2. The number of benzene rings is 2. The van der Waals surface area contributed by atoms with E-state index in [1.807, 2.05) is 30.3 Å². The van der Waals surface area contributed by atoms with Gasteiger partial charge in [-0.2, -0.15) is 0 Å². The summed E-state index contributed by atoms with van der Waals surface area (Å²) in [7, 11) is 0. The molecule has 136 valence electrons. The van der Waals surface area contributed by atoms with Gasteiger partial charge in [0, 0.05) is 22.5 Å². The molecule has 1 aliphatic heterocycles. The van der Waals surface area contributed by atoms with E-state index in [0.29, 0.717) is 35.5 Å². The van der Waals surface area contributed by atoms with Crippen molar-refractivity contribution in [2.24, 2.45) is 0 Å². The average molecular weight is 379 g/mol. The number of nitrogen functional groups attached to an aromatic ring is 1. The summed E-state index contributed by atoms with van der Waals surface area (Å²) < 4.78 is 1.15. The minimum atomic E-state index is -0.498. The molecule has 0 spiro atoms. The highest BCUT2D eigenvalue weighted by atomic mass is 32.1. The molecule has 1 aromatic heterocycles. The fourth-order valence-corrected chi connectivity index (χ4v) is 4.19. The molecule has 1 aliphatic rings. The van der Waals surface area contributed by atoms with E-state index >= 15 is 0 Å². The summed E-state index contributed by atoms with van der Waals surface area (Å²) in [6, 6.07) is 14.8. The molecule has 0 saturated carbocycles. The molecule has 2 aromatic carbocycles. The van der Waals surface area contributed by atoms with Crippen molar-refractivity contribution < 1.29 is 15.0 Å². The minimum absolute atomic E-state index is 0.101. The molecule has 6 nitrogen and oxygen atoms in total. The number of fused-ring (bicyclic) bond motifs is 1. The monoisotopic (exact) mass is 379 g/mol. The predicted molar refractivity (Wildman–Crippen MR) is 108 cm³/mol. The Labute approximate surface area is 159 Å². The van der Waals surface area contributed by atoms with Gasteiger partial charge in [0.05, 0.1) is 10.4 Å². The molecular weight excluding hydrogens is 360 g/mol. The Kier molecular flexibility index (Phi) is 4.37. The van der Waals surface area contributed by atoms with Crippen LogP contribution in [-0.4, -0.2) is 23.6 Å². The lowest BCUT2D eigenvalue weighted by Gasteiger charge is -2.12. The fraction of sp³-hybridized carbons (Fsp3) is 0.150. The van der Waals surface area contributed by atoms with Crippen LogP contribution in [0.3, 0.4) is 0 Å². The maximum absolute atomic E-state index is 12.3. The third-order valence-corrected chi connectivity index (χ3v) is 5.76. The number of carbonyl (C=O) groups is 2. The Hall–Kier alpha value is -3.19. The number of hydrogen-bond acceptors (Lipinski definition) is 4. The first-order valence-corrected chi connectivity index (χ1v) is 9.44. The van der Waals surface area contributed by atoms with Crippen LogP contribution < -0.4 is 21.8 Å². The van der Waals surface area contributed by atoms with Crippen LogP contribution >= 0.6 is 11.3 Å². The van der Waals surface area contributed by atoms with Crippen molar-refractivity contribution >= 4 is 50.3 Å². The standard InChI is InChI=1S/C20H18N4O2S/c21-14-6-5-12(23-20(26)15-7-8-18(25)24-15)10-13(14)19(22)17-9-11-3-1-2-4-16(11)27-17/h1-6,9-10,15,22H,7-8,21H2,(H,23,26)(H,24,25)/p+1/t15-/m0/s1. The Morgan fingerprint density at radius 2 is 2.04 bits per heavy atom. The van der Waals surface area contributed by atoms with Crippen molar-refractivity contribution in [3.8, 4) is 0 Å². The van der Waals surface area contributed by atoms with Gasteiger partial charge in [-0.15, -0.1) is 11.3 Å². The van der Waals surface area contributed by atoms with Crippen LogP contribution in [0.5, 0.6) is 0 Å². The summed E-state index contributed by atoms with van der Waals surface area (Å²) in [5.41, 5.74) is 8.50. The van der Waals surface area contributed by atoms with Crippen LogP contribution in [0.25, 0.3) is 10.1 Å². The molecule has 4 rings (SSSR count). The normalized spacial score (nSPS) is 16.3. The molecule has 7 heteroatoms. The highest BCUT2D eigenvalue weighted by Gasteiger charge is 2.27. The summed E-state index contributed by atoms with van der Waals surface area (Å²) in [5.74, 6) is -0.340. The highest BCUT2D eigenvalue weighted by Crippen LogP contribution is 2.28. The second-order valence-corrected chi connectivity index (χ2v) is 7.60. The molecule has 2 heterocycles. The van der Waals surface area contributed by atoms with Crippen molar-refractivity contribution in [1.82, 2.24) is 5.32 Å². The van der Waals surface area contributed by atoms with Crippen molar-refractivity contribution in [3.63, 3.8) is 0 Å². The van der Waals surface area contributed by atoms with E-state index in [-0.39, 0.29) is 11.8 Å². The van der Waals surface area contributed by atoms with Crippen molar-refractivity contribution in [2.75, 3.05) is 11.1 Å². The van der Waals surface area contributed by atoms with Gasteiger partial charge < -0.3 is 16.4 Å². The van der Waals surface area contributed by atoms with Crippen LogP contribution in [0, 0.1) is 0 Å². The van der Waals surface area contributed by atoms with E-state index in [1.165, 1.54) is 0 Å². The zero-order chi connectivity index (χ0) is 19.0. The zero-order valence-electron chi connectivity index (χ0n) is 14.5. The van der Waals surface area contributed by atoms with Gasteiger partial charge in [0.1, 0.15) is 6.04 Å². The number of rotatable bonds is 4. The van der Waals surface area contributed by atoms with Gasteiger partial charge in [-0.3, -0.25) is 15.0 Å². The molecule has 1 atom stereocenters. The summed E-state index contributed by atoms with van der Waals surface area (Å²) in [5, 5.41) is 13.0. The zero-order valence-corrected chi connectivity index (χ0v) is 15.3. The highest BCUT2D eigenvalue weighted by molar-refractivity contribution is 7.21. The number of carbonyl (C=O) groups excluding carboxylic acids is 2. The van der Waals surface area contributed by atoms with E-state index in [2.05, 4.69) is 10.6 Å². The molecular formula is C20H19N4O2S+. The largest absolute Gasteiger partial charge is 0.398 e. The van der Waals surface area contributed by atoms with E-state index < -0.39 is 6.04 Å². The van der Waals surface area contributed by atoms with Crippen LogP contribution in [0.2, 0.25) is 0 Å². The maximum atomic E-state index is 12.3. The summed E-state index contributed by atoms with van der Waals surface area (Å²) >= 11 is 1.60. The van der Waals surface area contributed by atoms with Gasteiger partial charge in [-0.1, -0.05) is 18.2 Å². The lowest BCUT2D eigenvalue weighted by Crippen LogP contribution is -2.41. The number of hydrogen-bond donors (Lipinski definition) is 4. The molecule has 6 N–H and O–H groups in total. The molecule has 27 heavy (non-hydrogen) atoms. The first-order valence-electron chi connectivity index (χ1n) is 8.63. The molecule has 0 unspecified atom stereocenters. The first-order chi connectivity index (χ1) is 13.0. The summed E-state index contributed by atoms with van der Waals surface area (Å²) in [4.78, 5) is 24.5. The quantitative estimate of drug-likeness (QED) is 0.405. The molecule has 2 amide bonds. The van der Waals surface area contributed by atoms with E-state index in [0.717, 1.165) is 15.0 Å². The Morgan fingerprint density at radius 3 is 2.78 bits per heavy atom. The van der Waals surface area contributed by atoms with Crippen LogP contribution in [0.15, 0.2) is 48.5 Å². The average Bonchev–Trinajstić information content (AvgIpc) is 3.29. The topological polar surface area (TPSA) is 110 Å². The third-order valence-electron chi connectivity index (χ3n) is 4.61. The Bertz CT molecular complexity index is 1040. The first kappa shape index (κ1) is 17.2. The fourth-order valence-electron chi connectivity index (χ4n) is 3.15. The molecule has 0 radical (unpaired) electrons. The Balaban J connectivity index is 1.59. The summed E-state index contributed by atoms with van der Waals surface area (Å²) in [6.07, 6.45) is 0.875. The number of thiophene rings is 1. The smallest absolute Gasteiger partial charge is 0.246 e. The SMILES string of the molecule is Nc1ccc(NC(=O)[C@@H]2CCC(=O)N2)cc1C(=[NH2+])c1cc2ccccc2s1. The van der Waals surface area contributed by atoms with E-state index in [9.17, 15) is 9.59 Å². The van der Waals surface area contributed by atoms with Crippen LogP contribution in [-0.2, 0) is 9.59 Å². The molecule has 3 aromatic rings. The van der Waals surface area contributed by atoms with Gasteiger partial charge in [-0.25, -0.2) is 0 Å². The molecule has 1 fully saturated rings. The third kappa shape index (κ3) is 3.41. The number of anilines is 2. The van der Waals surface area contributed by atoms with Crippen LogP contribution in [0.4, 0.5) is 11.4 Å². The number of nitrogens with two attached hydrogens (primary N) is 2. The van der Waals surface area contributed by atoms with Gasteiger partial charge in [-0.05, 0) is 42.1 Å². The van der Waals surface area contributed by atoms with Crippen molar-refractivity contribution in [2.45, 2.75) is 18.9 Å². The molecule has 1 saturated heterocycles. The lowest BCUT2D eigenvalue weighted by atomic mass is 10.0. The van der Waals surface area contributed by atoms with Gasteiger partial charge in [0.2, 0.25) is 17.5 Å². The molecule has 0 aliphatic carbocycles. The van der Waals surface area contributed by atoms with Gasteiger partial charge in [0.25, 0.3) is 0 Å². The van der Waals surface area contributed by atoms with E-state index in [4.69, 9.17) is 11.1 Å².